The van der Waals surface area contributed by atoms with Crippen LogP contribution in [-0.2, 0) is 4.74 Å². The molecule has 1 unspecified atom stereocenters. The normalized spacial score (nSPS) is 16.5. The Morgan fingerprint density at radius 1 is 1.27 bits per heavy atom. The average molecular weight is 408 g/mol. The molecular weight excluding hydrogens is 384 g/mol. The van der Waals surface area contributed by atoms with E-state index < -0.39 is 6.03 Å². The Kier molecular flexibility index (Phi) is 5.62. The van der Waals surface area contributed by atoms with Crippen LogP contribution in [0.2, 0.25) is 0 Å². The van der Waals surface area contributed by atoms with E-state index in [-0.39, 0.29) is 12.7 Å². The predicted molar refractivity (Wildman–Crippen MR) is 113 cm³/mol. The van der Waals surface area contributed by atoms with Crippen molar-refractivity contribution in [3.63, 3.8) is 0 Å². The van der Waals surface area contributed by atoms with Crippen LogP contribution in [0.3, 0.4) is 0 Å². The number of aromatic nitrogens is 3. The van der Waals surface area contributed by atoms with E-state index in [2.05, 4.69) is 15.0 Å². The minimum atomic E-state index is -0.457. The summed E-state index contributed by atoms with van der Waals surface area (Å²) in [4.78, 5) is 28.5. The Balaban J connectivity index is 1.60. The predicted octanol–water partition coefficient (Wildman–Crippen LogP) is 1.92. The number of fused-ring (bicyclic) bond motifs is 1. The molecule has 0 aliphatic carbocycles. The van der Waals surface area contributed by atoms with Gasteiger partial charge in [0.05, 0.1) is 24.4 Å². The second-order valence-electron chi connectivity index (χ2n) is 7.27. The summed E-state index contributed by atoms with van der Waals surface area (Å²) >= 11 is 0. The number of nitrogens with two attached hydrogens (primary N) is 1. The molecule has 1 saturated heterocycles. The molecule has 1 fully saturated rings. The first-order valence-corrected chi connectivity index (χ1v) is 9.69. The SMILES string of the molecule is CN(C)c1ccc(-c2cc3nccnc3c(OCC3CN(C(N)=O)CCO3)n2)cc1. The topological polar surface area (TPSA) is 107 Å². The molecule has 1 aliphatic heterocycles. The monoisotopic (exact) mass is 408 g/mol. The molecule has 0 bridgehead atoms. The van der Waals surface area contributed by atoms with Gasteiger partial charge in [0, 0.05) is 44.3 Å². The van der Waals surface area contributed by atoms with Crippen molar-refractivity contribution in [1.82, 2.24) is 19.9 Å². The van der Waals surface area contributed by atoms with Gasteiger partial charge in [0.2, 0.25) is 5.88 Å². The van der Waals surface area contributed by atoms with Crippen molar-refractivity contribution in [1.29, 1.82) is 0 Å². The van der Waals surface area contributed by atoms with E-state index in [4.69, 9.17) is 15.2 Å². The molecule has 1 atom stereocenters. The highest BCUT2D eigenvalue weighted by atomic mass is 16.5. The summed E-state index contributed by atoms with van der Waals surface area (Å²) in [5.41, 5.74) is 9.45. The lowest BCUT2D eigenvalue weighted by Crippen LogP contribution is -2.49. The van der Waals surface area contributed by atoms with Crippen LogP contribution in [0.1, 0.15) is 0 Å². The number of primary amides is 1. The standard InChI is InChI=1S/C21H24N6O3/c1-26(2)15-5-3-14(4-6-15)17-11-18-19(24-8-7-23-18)20(25-17)30-13-16-12-27(21(22)28)9-10-29-16/h3-8,11,16H,9-10,12-13H2,1-2H3,(H2,22,28). The Labute approximate surface area is 174 Å². The average Bonchev–Trinajstić information content (AvgIpc) is 2.77. The summed E-state index contributed by atoms with van der Waals surface area (Å²) in [6, 6.07) is 9.53. The molecule has 156 valence electrons. The van der Waals surface area contributed by atoms with Gasteiger partial charge in [-0.3, -0.25) is 4.98 Å². The third-order valence-electron chi connectivity index (χ3n) is 4.96. The number of hydrogen-bond donors (Lipinski definition) is 1. The second-order valence-corrected chi connectivity index (χ2v) is 7.27. The van der Waals surface area contributed by atoms with Gasteiger partial charge in [-0.05, 0) is 18.2 Å². The number of urea groups is 1. The zero-order valence-electron chi connectivity index (χ0n) is 17.0. The number of nitrogens with zero attached hydrogens (tertiary/aromatic N) is 5. The summed E-state index contributed by atoms with van der Waals surface area (Å²) in [5, 5.41) is 0. The Morgan fingerprint density at radius 2 is 2.03 bits per heavy atom. The minimum absolute atomic E-state index is 0.228. The number of hydrogen-bond acceptors (Lipinski definition) is 7. The maximum atomic E-state index is 11.4. The summed E-state index contributed by atoms with van der Waals surface area (Å²) in [7, 11) is 4.00. The third kappa shape index (κ3) is 4.25. The minimum Gasteiger partial charge on any atom is -0.473 e. The van der Waals surface area contributed by atoms with Crippen LogP contribution in [0.15, 0.2) is 42.7 Å². The number of pyridine rings is 1. The van der Waals surface area contributed by atoms with E-state index in [1.165, 1.54) is 0 Å². The Hall–Kier alpha value is -3.46. The van der Waals surface area contributed by atoms with Crippen molar-refractivity contribution in [2.75, 3.05) is 45.3 Å². The number of amides is 2. The van der Waals surface area contributed by atoms with Gasteiger partial charge in [-0.15, -0.1) is 0 Å². The molecule has 2 aromatic heterocycles. The highest BCUT2D eigenvalue weighted by Gasteiger charge is 2.24. The number of anilines is 1. The quantitative estimate of drug-likeness (QED) is 0.687. The zero-order chi connectivity index (χ0) is 21.1. The van der Waals surface area contributed by atoms with Crippen molar-refractivity contribution in [3.8, 4) is 17.1 Å². The van der Waals surface area contributed by atoms with E-state index in [0.717, 1.165) is 16.9 Å². The number of ether oxygens (including phenoxy) is 2. The smallest absolute Gasteiger partial charge is 0.314 e. The summed E-state index contributed by atoms with van der Waals surface area (Å²) in [6.07, 6.45) is 2.96. The van der Waals surface area contributed by atoms with Gasteiger partial charge in [0.15, 0.2) is 5.52 Å². The van der Waals surface area contributed by atoms with Crippen LogP contribution in [0.5, 0.6) is 5.88 Å². The van der Waals surface area contributed by atoms with Crippen LogP contribution in [0.4, 0.5) is 10.5 Å². The van der Waals surface area contributed by atoms with Crippen molar-refractivity contribution in [2.24, 2.45) is 5.73 Å². The molecule has 1 aromatic carbocycles. The zero-order valence-corrected chi connectivity index (χ0v) is 17.0. The number of benzene rings is 1. The van der Waals surface area contributed by atoms with Crippen molar-refractivity contribution in [2.45, 2.75) is 6.10 Å². The first-order chi connectivity index (χ1) is 14.5. The summed E-state index contributed by atoms with van der Waals surface area (Å²) in [5.74, 6) is 0.382. The van der Waals surface area contributed by atoms with Gasteiger partial charge in [0.25, 0.3) is 0 Å². The lowest BCUT2D eigenvalue weighted by molar-refractivity contribution is -0.0346. The van der Waals surface area contributed by atoms with Crippen LogP contribution >= 0.6 is 0 Å². The van der Waals surface area contributed by atoms with Gasteiger partial charge in [-0.2, -0.15) is 0 Å². The van der Waals surface area contributed by atoms with Crippen LogP contribution in [0, 0.1) is 0 Å². The maximum Gasteiger partial charge on any atom is 0.314 e. The first-order valence-electron chi connectivity index (χ1n) is 9.69. The number of carbonyl (C=O) groups is 1. The number of morpholine rings is 1. The largest absolute Gasteiger partial charge is 0.473 e. The van der Waals surface area contributed by atoms with Gasteiger partial charge >= 0.3 is 6.03 Å². The first kappa shape index (κ1) is 19.8. The molecule has 9 nitrogen and oxygen atoms in total. The molecular formula is C21H24N6O3. The van der Waals surface area contributed by atoms with E-state index in [0.29, 0.717) is 36.6 Å². The van der Waals surface area contributed by atoms with E-state index >= 15 is 0 Å². The highest BCUT2D eigenvalue weighted by Crippen LogP contribution is 2.28. The van der Waals surface area contributed by atoms with Crippen molar-refractivity contribution in [3.05, 3.63) is 42.7 Å². The maximum absolute atomic E-state index is 11.4. The number of rotatable bonds is 5. The fourth-order valence-corrected chi connectivity index (χ4v) is 3.31. The number of carbonyl (C=O) groups excluding carboxylic acids is 1. The molecule has 3 aromatic rings. The van der Waals surface area contributed by atoms with E-state index in [9.17, 15) is 4.79 Å². The van der Waals surface area contributed by atoms with Crippen LogP contribution in [-0.4, -0.2) is 72.4 Å². The molecule has 1 aliphatic rings. The van der Waals surface area contributed by atoms with Crippen molar-refractivity contribution < 1.29 is 14.3 Å². The molecule has 2 amide bonds. The molecule has 30 heavy (non-hydrogen) atoms. The summed E-state index contributed by atoms with van der Waals surface area (Å²) in [6.45, 7) is 1.51. The molecule has 3 heterocycles. The lowest BCUT2D eigenvalue weighted by atomic mass is 10.1. The summed E-state index contributed by atoms with van der Waals surface area (Å²) < 4.78 is 11.7. The van der Waals surface area contributed by atoms with Crippen LogP contribution < -0.4 is 15.4 Å². The Morgan fingerprint density at radius 3 is 2.77 bits per heavy atom. The molecule has 2 N–H and O–H groups in total. The van der Waals surface area contributed by atoms with Crippen LogP contribution in [0.25, 0.3) is 22.3 Å². The van der Waals surface area contributed by atoms with Gasteiger partial charge in [0.1, 0.15) is 12.7 Å². The van der Waals surface area contributed by atoms with Gasteiger partial charge in [-0.25, -0.2) is 14.8 Å². The molecule has 9 heteroatoms. The highest BCUT2D eigenvalue weighted by molar-refractivity contribution is 5.83. The fourth-order valence-electron chi connectivity index (χ4n) is 3.31. The molecule has 4 rings (SSSR count). The third-order valence-corrected chi connectivity index (χ3v) is 4.96. The van der Waals surface area contributed by atoms with Crippen molar-refractivity contribution >= 4 is 22.8 Å². The van der Waals surface area contributed by atoms with E-state index in [1.54, 1.807) is 17.3 Å². The Bertz CT molecular complexity index is 1040. The lowest BCUT2D eigenvalue weighted by Gasteiger charge is -2.31. The van der Waals surface area contributed by atoms with Gasteiger partial charge in [-0.1, -0.05) is 12.1 Å². The molecule has 0 spiro atoms. The van der Waals surface area contributed by atoms with Gasteiger partial charge < -0.3 is 25.0 Å². The fraction of sp³-hybridized carbons (Fsp3) is 0.333. The second kappa shape index (κ2) is 8.50. The molecule has 0 radical (unpaired) electrons. The van der Waals surface area contributed by atoms with E-state index in [1.807, 2.05) is 49.3 Å². The molecule has 0 saturated carbocycles.